The van der Waals surface area contributed by atoms with Crippen LogP contribution in [0.3, 0.4) is 0 Å². The molecule has 0 aliphatic carbocycles. The Morgan fingerprint density at radius 2 is 1.88 bits per heavy atom. The summed E-state index contributed by atoms with van der Waals surface area (Å²) in [6.07, 6.45) is 0.596. The number of benzene rings is 2. The van der Waals surface area contributed by atoms with Crippen LogP contribution in [0, 0.1) is 0 Å². The Labute approximate surface area is 153 Å². The number of aromatic hydroxyl groups is 1. The van der Waals surface area contributed by atoms with E-state index in [0.717, 1.165) is 11.1 Å². The molecule has 0 spiro atoms. The monoisotopic (exact) mass is 352 g/mol. The first-order chi connectivity index (χ1) is 12.5. The maximum Gasteiger partial charge on any atom is 0.255 e. The highest BCUT2D eigenvalue weighted by atomic mass is 16.3. The molecule has 2 aromatic carbocycles. The number of phenols is 1. The highest BCUT2D eigenvalue weighted by Gasteiger charge is 2.24. The van der Waals surface area contributed by atoms with Gasteiger partial charge >= 0.3 is 0 Å². The van der Waals surface area contributed by atoms with Gasteiger partial charge in [0.2, 0.25) is 0 Å². The van der Waals surface area contributed by atoms with Crippen molar-refractivity contribution in [3.63, 3.8) is 0 Å². The lowest BCUT2D eigenvalue weighted by Gasteiger charge is -2.11. The lowest BCUT2D eigenvalue weighted by Crippen LogP contribution is -2.25. The first kappa shape index (κ1) is 18.0. The summed E-state index contributed by atoms with van der Waals surface area (Å²) in [4.78, 5) is 12.7. The van der Waals surface area contributed by atoms with E-state index in [1.54, 1.807) is 19.2 Å². The number of hydrogen-bond donors (Lipinski definition) is 3. The Balaban J connectivity index is 2.20. The van der Waals surface area contributed by atoms with Crippen LogP contribution in [0.15, 0.2) is 46.9 Å². The maximum atomic E-state index is 12.7. The van der Waals surface area contributed by atoms with Gasteiger partial charge in [-0.1, -0.05) is 44.2 Å². The van der Waals surface area contributed by atoms with Crippen LogP contribution in [0.2, 0.25) is 0 Å². The largest absolute Gasteiger partial charge is 0.508 e. The van der Waals surface area contributed by atoms with E-state index in [1.807, 2.05) is 30.3 Å². The van der Waals surface area contributed by atoms with Crippen LogP contribution in [0.5, 0.6) is 5.75 Å². The molecule has 0 atom stereocenters. The second kappa shape index (κ2) is 7.62. The molecular formula is C21H24N2O3. The van der Waals surface area contributed by atoms with Crippen LogP contribution in [0.25, 0.3) is 22.3 Å². The average molecular weight is 352 g/mol. The van der Waals surface area contributed by atoms with E-state index in [1.165, 1.54) is 0 Å². The Hall–Kier alpha value is -2.79. The minimum Gasteiger partial charge on any atom is -0.508 e. The predicted octanol–water partition coefficient (Wildman–Crippen LogP) is 3.71. The predicted molar refractivity (Wildman–Crippen MR) is 104 cm³/mol. The molecule has 5 nitrogen and oxygen atoms in total. The zero-order chi connectivity index (χ0) is 18.7. The van der Waals surface area contributed by atoms with Gasteiger partial charge in [-0.3, -0.25) is 4.79 Å². The van der Waals surface area contributed by atoms with E-state index < -0.39 is 0 Å². The summed E-state index contributed by atoms with van der Waals surface area (Å²) in [6, 6.07) is 13.2. The van der Waals surface area contributed by atoms with E-state index in [-0.39, 0.29) is 11.7 Å². The molecule has 3 rings (SSSR count). The number of nitrogens with one attached hydrogen (secondary N) is 2. The molecule has 3 N–H and O–H groups in total. The molecule has 0 radical (unpaired) electrons. The number of phenolic OH excluding ortho intramolecular Hbond substituents is 1. The van der Waals surface area contributed by atoms with Gasteiger partial charge in [0.05, 0.1) is 5.56 Å². The van der Waals surface area contributed by atoms with Gasteiger partial charge in [0, 0.05) is 29.6 Å². The Kier molecular flexibility index (Phi) is 5.28. The summed E-state index contributed by atoms with van der Waals surface area (Å²) in [5.41, 5.74) is 2.61. The molecule has 1 amide bonds. The molecule has 0 fully saturated rings. The molecule has 0 unspecified atom stereocenters. The van der Waals surface area contributed by atoms with Gasteiger partial charge in [0.25, 0.3) is 5.91 Å². The minimum atomic E-state index is -0.230. The summed E-state index contributed by atoms with van der Waals surface area (Å²) in [7, 11) is 1.60. The van der Waals surface area contributed by atoms with Gasteiger partial charge in [-0.25, -0.2) is 0 Å². The van der Waals surface area contributed by atoms with Gasteiger partial charge in [-0.2, -0.15) is 0 Å². The molecule has 136 valence electrons. The van der Waals surface area contributed by atoms with Crippen molar-refractivity contribution in [2.24, 2.45) is 0 Å². The third kappa shape index (κ3) is 3.44. The molecule has 5 heteroatoms. The van der Waals surface area contributed by atoms with E-state index in [9.17, 15) is 9.90 Å². The van der Waals surface area contributed by atoms with Crippen molar-refractivity contribution in [2.45, 2.75) is 26.3 Å². The molecular weight excluding hydrogens is 328 g/mol. The quantitative estimate of drug-likeness (QED) is 0.632. The number of carbonyl (C=O) groups is 1. The van der Waals surface area contributed by atoms with Gasteiger partial charge in [-0.15, -0.1) is 0 Å². The number of hydrogen-bond acceptors (Lipinski definition) is 4. The van der Waals surface area contributed by atoms with E-state index in [4.69, 9.17) is 4.42 Å². The van der Waals surface area contributed by atoms with Crippen molar-refractivity contribution in [1.82, 2.24) is 10.6 Å². The first-order valence-electron chi connectivity index (χ1n) is 8.81. The maximum absolute atomic E-state index is 12.7. The minimum absolute atomic E-state index is 0.175. The van der Waals surface area contributed by atoms with Crippen molar-refractivity contribution in [3.8, 4) is 17.1 Å². The number of furan rings is 1. The van der Waals surface area contributed by atoms with Crippen molar-refractivity contribution < 1.29 is 14.3 Å². The normalized spacial score (nSPS) is 11.2. The third-order valence-electron chi connectivity index (χ3n) is 4.36. The number of rotatable bonds is 6. The van der Waals surface area contributed by atoms with Gasteiger partial charge in [0.1, 0.15) is 17.1 Å². The standard InChI is InChI=1S/C21H24N2O3/c1-13(2)23-12-11-15-16(24)9-10-17-18(15)19(21(25)22-3)20(26-17)14-7-5-4-6-8-14/h4-10,13,23-24H,11-12H2,1-3H3,(H,22,25). The Morgan fingerprint density at radius 1 is 1.15 bits per heavy atom. The molecule has 0 aliphatic rings. The van der Waals surface area contributed by atoms with Gasteiger partial charge in [-0.05, 0) is 25.1 Å². The molecule has 0 aliphatic heterocycles. The first-order valence-corrected chi connectivity index (χ1v) is 8.81. The summed E-state index contributed by atoms with van der Waals surface area (Å²) in [6.45, 7) is 4.84. The molecule has 0 bridgehead atoms. The Bertz CT molecular complexity index is 914. The highest BCUT2D eigenvalue weighted by molar-refractivity contribution is 6.12. The van der Waals surface area contributed by atoms with Crippen molar-refractivity contribution in [3.05, 3.63) is 53.6 Å². The molecule has 3 aromatic rings. The summed E-state index contributed by atoms with van der Waals surface area (Å²) in [5.74, 6) is 0.462. The molecule has 1 heterocycles. The fraction of sp³-hybridized carbons (Fsp3) is 0.286. The van der Waals surface area contributed by atoms with Crippen LogP contribution >= 0.6 is 0 Å². The van der Waals surface area contributed by atoms with Crippen molar-refractivity contribution >= 4 is 16.9 Å². The highest BCUT2D eigenvalue weighted by Crippen LogP contribution is 2.38. The van der Waals surface area contributed by atoms with Crippen LogP contribution in [-0.4, -0.2) is 30.6 Å². The number of amides is 1. The average Bonchev–Trinajstić information content (AvgIpc) is 3.03. The van der Waals surface area contributed by atoms with E-state index in [0.29, 0.717) is 41.3 Å². The van der Waals surface area contributed by atoms with Crippen molar-refractivity contribution in [2.75, 3.05) is 13.6 Å². The summed E-state index contributed by atoms with van der Waals surface area (Å²) in [5, 5.41) is 17.1. The van der Waals surface area contributed by atoms with Crippen LogP contribution in [-0.2, 0) is 6.42 Å². The SMILES string of the molecule is CNC(=O)c1c(-c2ccccc2)oc2ccc(O)c(CCNC(C)C)c12. The smallest absolute Gasteiger partial charge is 0.255 e. The van der Waals surface area contributed by atoms with Crippen LogP contribution in [0.4, 0.5) is 0 Å². The van der Waals surface area contributed by atoms with Crippen LogP contribution < -0.4 is 10.6 Å². The Morgan fingerprint density at radius 3 is 2.54 bits per heavy atom. The molecule has 26 heavy (non-hydrogen) atoms. The molecule has 1 aromatic heterocycles. The fourth-order valence-corrected chi connectivity index (χ4v) is 3.12. The lowest BCUT2D eigenvalue weighted by atomic mass is 9.98. The third-order valence-corrected chi connectivity index (χ3v) is 4.36. The fourth-order valence-electron chi connectivity index (χ4n) is 3.12. The molecule has 0 saturated carbocycles. The van der Waals surface area contributed by atoms with Gasteiger partial charge in [0.15, 0.2) is 0 Å². The number of carbonyl (C=O) groups excluding carboxylic acids is 1. The second-order valence-electron chi connectivity index (χ2n) is 6.55. The zero-order valence-corrected chi connectivity index (χ0v) is 15.3. The molecule has 0 saturated heterocycles. The van der Waals surface area contributed by atoms with Crippen molar-refractivity contribution in [1.29, 1.82) is 0 Å². The van der Waals surface area contributed by atoms with E-state index in [2.05, 4.69) is 24.5 Å². The second-order valence-corrected chi connectivity index (χ2v) is 6.55. The van der Waals surface area contributed by atoms with Gasteiger partial charge < -0.3 is 20.2 Å². The summed E-state index contributed by atoms with van der Waals surface area (Å²) >= 11 is 0. The van der Waals surface area contributed by atoms with Crippen LogP contribution in [0.1, 0.15) is 29.8 Å². The lowest BCUT2D eigenvalue weighted by molar-refractivity contribution is 0.0964. The van der Waals surface area contributed by atoms with E-state index >= 15 is 0 Å². The topological polar surface area (TPSA) is 74.5 Å². The zero-order valence-electron chi connectivity index (χ0n) is 15.3. The summed E-state index contributed by atoms with van der Waals surface area (Å²) < 4.78 is 6.04. The number of fused-ring (bicyclic) bond motifs is 1.